The van der Waals surface area contributed by atoms with Crippen molar-refractivity contribution < 1.29 is 18.0 Å². The second-order valence-corrected chi connectivity index (χ2v) is 9.34. The van der Waals surface area contributed by atoms with Gasteiger partial charge in [0.05, 0.1) is 5.75 Å². The Morgan fingerprint density at radius 1 is 1.07 bits per heavy atom. The Morgan fingerprint density at radius 2 is 1.74 bits per heavy atom. The molecular formula is C19H21BrN2O4S. The third kappa shape index (κ3) is 7.15. The highest BCUT2D eigenvalue weighted by atomic mass is 79.9. The van der Waals surface area contributed by atoms with Gasteiger partial charge in [0, 0.05) is 34.9 Å². The molecule has 2 N–H and O–H groups in total. The van der Waals surface area contributed by atoms with E-state index in [4.69, 9.17) is 0 Å². The van der Waals surface area contributed by atoms with Crippen LogP contribution in [-0.4, -0.2) is 33.0 Å². The third-order valence-corrected chi connectivity index (χ3v) is 5.11. The first-order valence-electron chi connectivity index (χ1n) is 8.25. The fourth-order valence-corrected chi connectivity index (χ4v) is 3.55. The van der Waals surface area contributed by atoms with E-state index >= 15 is 0 Å². The van der Waals surface area contributed by atoms with E-state index in [1.54, 1.807) is 24.3 Å². The molecule has 0 aliphatic heterocycles. The molecule has 0 aliphatic carbocycles. The Balaban J connectivity index is 1.83. The number of sulfone groups is 1. The van der Waals surface area contributed by atoms with Gasteiger partial charge in [0.2, 0.25) is 5.91 Å². The highest BCUT2D eigenvalue weighted by molar-refractivity contribution is 9.10. The zero-order valence-corrected chi connectivity index (χ0v) is 17.5. The summed E-state index contributed by atoms with van der Waals surface area (Å²) < 4.78 is 23.4. The minimum Gasteiger partial charge on any atom is -0.352 e. The van der Waals surface area contributed by atoms with Crippen molar-refractivity contribution in [2.75, 3.05) is 18.1 Å². The second-order valence-electron chi connectivity index (χ2n) is 6.28. The first-order valence-corrected chi connectivity index (χ1v) is 11.1. The molecule has 0 heterocycles. The number of hydrogen-bond acceptors (Lipinski definition) is 4. The summed E-state index contributed by atoms with van der Waals surface area (Å²) in [5, 5.41) is 5.50. The molecule has 2 amide bonds. The largest absolute Gasteiger partial charge is 0.352 e. The van der Waals surface area contributed by atoms with Crippen molar-refractivity contribution in [3.8, 4) is 0 Å². The molecule has 6 nitrogen and oxygen atoms in total. The summed E-state index contributed by atoms with van der Waals surface area (Å²) in [5.74, 6) is -0.572. The number of amides is 2. The molecule has 0 aromatic heterocycles. The molecule has 0 atom stereocenters. The molecule has 2 aromatic carbocycles. The van der Waals surface area contributed by atoms with Crippen LogP contribution in [0.25, 0.3) is 0 Å². The molecule has 144 valence electrons. The molecule has 0 spiro atoms. The van der Waals surface area contributed by atoms with Crippen LogP contribution in [0.5, 0.6) is 0 Å². The number of nitrogens with one attached hydrogen (secondary N) is 2. The summed E-state index contributed by atoms with van der Waals surface area (Å²) in [6, 6.07) is 12.0. The molecular weight excluding hydrogens is 432 g/mol. The average Bonchev–Trinajstić information content (AvgIpc) is 2.57. The lowest BCUT2D eigenvalue weighted by atomic mass is 10.1. The van der Waals surface area contributed by atoms with E-state index in [9.17, 15) is 18.0 Å². The van der Waals surface area contributed by atoms with Crippen molar-refractivity contribution in [1.82, 2.24) is 5.32 Å². The summed E-state index contributed by atoms with van der Waals surface area (Å²) in [7, 11) is -3.11. The van der Waals surface area contributed by atoms with Crippen LogP contribution in [0.4, 0.5) is 5.69 Å². The van der Waals surface area contributed by atoms with E-state index in [-0.39, 0.29) is 30.5 Å². The van der Waals surface area contributed by atoms with Crippen LogP contribution in [0.1, 0.15) is 27.9 Å². The van der Waals surface area contributed by atoms with E-state index in [0.717, 1.165) is 22.0 Å². The van der Waals surface area contributed by atoms with Crippen molar-refractivity contribution >= 4 is 43.3 Å². The fraction of sp³-hybridized carbons (Fsp3) is 0.263. The summed E-state index contributed by atoms with van der Waals surface area (Å²) in [4.78, 5) is 24.1. The first-order chi connectivity index (χ1) is 12.6. The quantitative estimate of drug-likeness (QED) is 0.674. The van der Waals surface area contributed by atoms with Crippen LogP contribution in [0.15, 0.2) is 46.9 Å². The monoisotopic (exact) mass is 452 g/mol. The van der Waals surface area contributed by atoms with Gasteiger partial charge in [0.1, 0.15) is 0 Å². The number of halogens is 1. The molecule has 0 saturated carbocycles. The smallest absolute Gasteiger partial charge is 0.251 e. The van der Waals surface area contributed by atoms with E-state index in [0.29, 0.717) is 11.1 Å². The van der Waals surface area contributed by atoms with Gasteiger partial charge in [-0.05, 0) is 42.3 Å². The van der Waals surface area contributed by atoms with Gasteiger partial charge in [-0.15, -0.1) is 0 Å². The molecule has 0 radical (unpaired) electrons. The summed E-state index contributed by atoms with van der Waals surface area (Å²) >= 11 is 3.36. The van der Waals surface area contributed by atoms with Gasteiger partial charge in [0.25, 0.3) is 5.91 Å². The maximum Gasteiger partial charge on any atom is 0.251 e. The van der Waals surface area contributed by atoms with Gasteiger partial charge in [-0.25, -0.2) is 8.42 Å². The topological polar surface area (TPSA) is 92.3 Å². The van der Waals surface area contributed by atoms with Crippen molar-refractivity contribution in [3.05, 3.63) is 63.6 Å². The normalized spacial score (nSPS) is 11.1. The average molecular weight is 453 g/mol. The van der Waals surface area contributed by atoms with Crippen LogP contribution in [0.3, 0.4) is 0 Å². The Hall–Kier alpha value is -2.19. The molecule has 27 heavy (non-hydrogen) atoms. The Bertz CT molecular complexity index is 941. The SMILES string of the molecule is Cc1ccc(Br)cc1NC(=O)CCNC(=O)c1ccc(CS(C)(=O)=O)cc1. The highest BCUT2D eigenvalue weighted by Gasteiger charge is 2.10. The number of benzene rings is 2. The lowest BCUT2D eigenvalue weighted by Gasteiger charge is -2.10. The van der Waals surface area contributed by atoms with Crippen LogP contribution >= 0.6 is 15.9 Å². The van der Waals surface area contributed by atoms with Crippen LogP contribution in [0.2, 0.25) is 0 Å². The summed E-state index contributed by atoms with van der Waals surface area (Å²) in [5.41, 5.74) is 2.71. The van der Waals surface area contributed by atoms with Crippen LogP contribution in [-0.2, 0) is 20.4 Å². The molecule has 2 rings (SSSR count). The Morgan fingerprint density at radius 3 is 2.37 bits per heavy atom. The van der Waals surface area contributed by atoms with E-state index in [1.807, 2.05) is 25.1 Å². The van der Waals surface area contributed by atoms with E-state index in [1.165, 1.54) is 0 Å². The number of aryl methyl sites for hydroxylation is 1. The lowest BCUT2D eigenvalue weighted by Crippen LogP contribution is -2.27. The number of rotatable bonds is 7. The Kier molecular flexibility index (Phi) is 7.15. The zero-order chi connectivity index (χ0) is 20.0. The molecule has 2 aromatic rings. The van der Waals surface area contributed by atoms with Gasteiger partial charge in [0.15, 0.2) is 9.84 Å². The van der Waals surface area contributed by atoms with Crippen LogP contribution < -0.4 is 10.6 Å². The fourth-order valence-electron chi connectivity index (χ4n) is 2.39. The maximum atomic E-state index is 12.1. The minimum absolute atomic E-state index is 0.0654. The number of carbonyl (C=O) groups excluding carboxylic acids is 2. The third-order valence-electron chi connectivity index (χ3n) is 3.76. The predicted octanol–water partition coefficient (Wildman–Crippen LogP) is 3.06. The number of carbonyl (C=O) groups is 2. The van der Waals surface area contributed by atoms with Crippen LogP contribution in [0, 0.1) is 6.92 Å². The van der Waals surface area contributed by atoms with Gasteiger partial charge in [-0.3, -0.25) is 9.59 Å². The maximum absolute atomic E-state index is 12.1. The standard InChI is InChI=1S/C19H21BrN2O4S/c1-13-3-8-16(20)11-17(13)22-18(23)9-10-21-19(24)15-6-4-14(5-7-15)12-27(2,25)26/h3-8,11H,9-10,12H2,1-2H3,(H,21,24)(H,22,23). The molecule has 0 fully saturated rings. The number of anilines is 1. The van der Waals surface area contributed by atoms with Crippen molar-refractivity contribution in [2.24, 2.45) is 0 Å². The van der Waals surface area contributed by atoms with Gasteiger partial charge in [-0.2, -0.15) is 0 Å². The van der Waals surface area contributed by atoms with Gasteiger partial charge in [-0.1, -0.05) is 34.1 Å². The van der Waals surface area contributed by atoms with E-state index in [2.05, 4.69) is 26.6 Å². The van der Waals surface area contributed by atoms with Crippen molar-refractivity contribution in [1.29, 1.82) is 0 Å². The van der Waals surface area contributed by atoms with Gasteiger partial charge < -0.3 is 10.6 Å². The Labute approximate surface area is 167 Å². The van der Waals surface area contributed by atoms with Crippen molar-refractivity contribution in [2.45, 2.75) is 19.1 Å². The number of hydrogen-bond donors (Lipinski definition) is 2. The predicted molar refractivity (Wildman–Crippen MR) is 109 cm³/mol. The first kappa shape index (κ1) is 21.1. The lowest BCUT2D eigenvalue weighted by molar-refractivity contribution is -0.116. The van der Waals surface area contributed by atoms with Gasteiger partial charge >= 0.3 is 0 Å². The minimum atomic E-state index is -3.11. The molecule has 0 saturated heterocycles. The van der Waals surface area contributed by atoms with Crippen molar-refractivity contribution in [3.63, 3.8) is 0 Å². The highest BCUT2D eigenvalue weighted by Crippen LogP contribution is 2.20. The molecule has 8 heteroatoms. The second kappa shape index (κ2) is 9.14. The summed E-state index contributed by atoms with van der Waals surface area (Å²) in [6.07, 6.45) is 1.30. The van der Waals surface area contributed by atoms with E-state index < -0.39 is 9.84 Å². The molecule has 0 unspecified atom stereocenters. The molecule has 0 aliphatic rings. The zero-order valence-electron chi connectivity index (χ0n) is 15.1. The summed E-state index contributed by atoms with van der Waals surface area (Å²) in [6.45, 7) is 2.10. The molecule has 0 bridgehead atoms.